The molecule has 1 aliphatic carbocycles. The molecule has 4 rings (SSSR count). The number of para-hydroxylation sites is 1. The van der Waals surface area contributed by atoms with Crippen LogP contribution >= 0.6 is 39.1 Å². The molecule has 176 valence electrons. The van der Waals surface area contributed by atoms with Gasteiger partial charge in [-0.3, -0.25) is 9.59 Å². The summed E-state index contributed by atoms with van der Waals surface area (Å²) in [5, 5.41) is 7.93. The van der Waals surface area contributed by atoms with Crippen LogP contribution < -0.4 is 15.5 Å². The summed E-state index contributed by atoms with van der Waals surface area (Å²) in [4.78, 5) is 25.2. The molecule has 7 nitrogen and oxygen atoms in total. The van der Waals surface area contributed by atoms with Gasteiger partial charge in [-0.2, -0.15) is 5.10 Å². The van der Waals surface area contributed by atoms with Gasteiger partial charge >= 0.3 is 0 Å². The molecule has 3 aromatic rings. The molecule has 0 unspecified atom stereocenters. The smallest absolute Gasteiger partial charge is 0.291 e. The van der Waals surface area contributed by atoms with Gasteiger partial charge < -0.3 is 14.5 Å². The third-order valence-electron chi connectivity index (χ3n) is 5.22. The van der Waals surface area contributed by atoms with E-state index < -0.39 is 5.91 Å². The van der Waals surface area contributed by atoms with Gasteiger partial charge in [-0.15, -0.1) is 0 Å². The maximum atomic E-state index is 12.9. The highest BCUT2D eigenvalue weighted by molar-refractivity contribution is 9.10. The van der Waals surface area contributed by atoms with Crippen LogP contribution in [0.3, 0.4) is 0 Å². The van der Waals surface area contributed by atoms with E-state index in [4.69, 9.17) is 32.4 Å². The van der Waals surface area contributed by atoms with Gasteiger partial charge in [-0.1, -0.05) is 35.3 Å². The second kappa shape index (κ2) is 10.6. The molecule has 0 aliphatic heterocycles. The lowest BCUT2D eigenvalue weighted by Gasteiger charge is -2.13. The number of nitrogens with zero attached hydrogens (tertiary/aromatic N) is 1. The van der Waals surface area contributed by atoms with Crippen LogP contribution in [-0.2, 0) is 11.2 Å². The van der Waals surface area contributed by atoms with Crippen molar-refractivity contribution in [2.45, 2.75) is 26.2 Å². The molecule has 2 amide bonds. The van der Waals surface area contributed by atoms with Crippen LogP contribution in [0.4, 0.5) is 5.69 Å². The average molecular weight is 565 g/mol. The molecular formula is C24H20BrCl2N3O4. The number of furan rings is 1. The Kier molecular flexibility index (Phi) is 7.60. The number of carbonyl (C=O) groups excluding carboxylic acids is 2. The first-order valence-electron chi connectivity index (χ1n) is 10.4. The predicted molar refractivity (Wildman–Crippen MR) is 135 cm³/mol. The zero-order valence-corrected chi connectivity index (χ0v) is 21.2. The number of rotatable bonds is 6. The molecule has 0 fully saturated rings. The van der Waals surface area contributed by atoms with Gasteiger partial charge in [0, 0.05) is 27.0 Å². The summed E-state index contributed by atoms with van der Waals surface area (Å²) in [7, 11) is 0. The molecule has 34 heavy (non-hydrogen) atoms. The number of amides is 2. The van der Waals surface area contributed by atoms with Crippen molar-refractivity contribution < 1.29 is 18.7 Å². The first-order chi connectivity index (χ1) is 16.3. The molecule has 1 aliphatic rings. The maximum Gasteiger partial charge on any atom is 0.291 e. The minimum Gasteiger partial charge on any atom is -0.482 e. The monoisotopic (exact) mass is 563 g/mol. The Morgan fingerprint density at radius 1 is 1.18 bits per heavy atom. The third kappa shape index (κ3) is 5.46. The van der Waals surface area contributed by atoms with Crippen LogP contribution in [0.5, 0.6) is 5.75 Å². The topological polar surface area (TPSA) is 92.9 Å². The molecule has 0 spiro atoms. The third-order valence-corrected chi connectivity index (χ3v) is 6.44. The number of halogens is 3. The van der Waals surface area contributed by atoms with Crippen LogP contribution in [-0.4, -0.2) is 24.1 Å². The largest absolute Gasteiger partial charge is 0.482 e. The Bertz CT molecular complexity index is 1290. The minimum atomic E-state index is -0.446. The molecular weight excluding hydrogens is 545 g/mol. The standard InChI is InChI=1S/C24H20BrCl2N3O4/c1-13-22-18(29-30-21(31)12-33-19-10-9-14(26)11-16(19)27)7-4-8-20(22)34-23(13)24(32)28-17-6-3-2-5-15(17)25/h2-3,5-6,9-11H,4,7-8,12H2,1H3,(H,28,32)(H,30,31)/b29-18+. The summed E-state index contributed by atoms with van der Waals surface area (Å²) in [5.41, 5.74) is 5.24. The lowest BCUT2D eigenvalue weighted by Crippen LogP contribution is -2.27. The predicted octanol–water partition coefficient (Wildman–Crippen LogP) is 6.15. The van der Waals surface area contributed by atoms with E-state index in [1.165, 1.54) is 6.07 Å². The second-order valence-electron chi connectivity index (χ2n) is 7.60. The quantitative estimate of drug-likeness (QED) is 0.351. The molecule has 0 radical (unpaired) electrons. The Labute approximate surface area is 214 Å². The molecule has 0 saturated heterocycles. The van der Waals surface area contributed by atoms with Crippen LogP contribution in [0.15, 0.2) is 56.5 Å². The van der Waals surface area contributed by atoms with Crippen molar-refractivity contribution in [1.82, 2.24) is 5.43 Å². The first-order valence-corrected chi connectivity index (χ1v) is 12.0. The Morgan fingerprint density at radius 2 is 1.97 bits per heavy atom. The summed E-state index contributed by atoms with van der Waals surface area (Å²) in [6.07, 6.45) is 2.11. The molecule has 10 heteroatoms. The Balaban J connectivity index is 1.46. The van der Waals surface area contributed by atoms with Crippen molar-refractivity contribution in [3.05, 3.63) is 79.6 Å². The molecule has 2 N–H and O–H groups in total. The number of hydrazone groups is 1. The van der Waals surface area contributed by atoms with E-state index in [1.807, 2.05) is 25.1 Å². The van der Waals surface area contributed by atoms with Crippen molar-refractivity contribution in [1.29, 1.82) is 0 Å². The molecule has 2 aromatic carbocycles. The zero-order chi connectivity index (χ0) is 24.2. The number of ether oxygens (including phenoxy) is 1. The fourth-order valence-corrected chi connectivity index (χ4v) is 4.48. The second-order valence-corrected chi connectivity index (χ2v) is 9.30. The lowest BCUT2D eigenvalue weighted by molar-refractivity contribution is -0.123. The highest BCUT2D eigenvalue weighted by Gasteiger charge is 2.28. The fraction of sp³-hybridized carbons (Fsp3) is 0.208. The van der Waals surface area contributed by atoms with E-state index in [2.05, 4.69) is 31.8 Å². The summed E-state index contributed by atoms with van der Waals surface area (Å²) >= 11 is 15.3. The average Bonchev–Trinajstić information content (AvgIpc) is 3.16. The highest BCUT2D eigenvalue weighted by Crippen LogP contribution is 2.31. The normalized spacial score (nSPS) is 13.9. The number of hydrogen-bond acceptors (Lipinski definition) is 5. The van der Waals surface area contributed by atoms with Gasteiger partial charge in [-0.25, -0.2) is 5.43 Å². The van der Waals surface area contributed by atoms with Crippen molar-refractivity contribution in [3.63, 3.8) is 0 Å². The van der Waals surface area contributed by atoms with Gasteiger partial charge in [-0.05, 0) is 66.0 Å². The van der Waals surface area contributed by atoms with Gasteiger partial charge in [0.25, 0.3) is 11.8 Å². The molecule has 1 aromatic heterocycles. The van der Waals surface area contributed by atoms with E-state index in [0.717, 1.165) is 16.5 Å². The first kappa shape index (κ1) is 24.3. The Hall–Kier alpha value is -2.81. The summed E-state index contributed by atoms with van der Waals surface area (Å²) in [6, 6.07) is 12.1. The number of fused-ring (bicyclic) bond motifs is 1. The van der Waals surface area contributed by atoms with Crippen LogP contribution in [0, 0.1) is 6.92 Å². The van der Waals surface area contributed by atoms with Gasteiger partial charge in [0.2, 0.25) is 0 Å². The molecule has 0 atom stereocenters. The van der Waals surface area contributed by atoms with E-state index in [0.29, 0.717) is 51.4 Å². The number of nitrogens with one attached hydrogen (secondary N) is 2. The summed E-state index contributed by atoms with van der Waals surface area (Å²) in [5.74, 6) is 0.454. The lowest BCUT2D eigenvalue weighted by atomic mass is 9.93. The highest BCUT2D eigenvalue weighted by atomic mass is 79.9. The van der Waals surface area contributed by atoms with Crippen LogP contribution in [0.25, 0.3) is 0 Å². The van der Waals surface area contributed by atoms with Crippen molar-refractivity contribution in [3.8, 4) is 5.75 Å². The summed E-state index contributed by atoms with van der Waals surface area (Å²) < 4.78 is 12.1. The van der Waals surface area contributed by atoms with Crippen LogP contribution in [0.1, 0.15) is 40.3 Å². The summed E-state index contributed by atoms with van der Waals surface area (Å²) in [6.45, 7) is 1.54. The Morgan fingerprint density at radius 3 is 2.74 bits per heavy atom. The number of benzene rings is 2. The van der Waals surface area contributed by atoms with Gasteiger partial charge in [0.05, 0.1) is 16.4 Å². The zero-order valence-electron chi connectivity index (χ0n) is 18.1. The van der Waals surface area contributed by atoms with Crippen molar-refractivity contribution in [2.24, 2.45) is 5.10 Å². The van der Waals surface area contributed by atoms with Crippen LogP contribution in [0.2, 0.25) is 10.0 Å². The molecule has 0 saturated carbocycles. The minimum absolute atomic E-state index is 0.224. The van der Waals surface area contributed by atoms with Crippen molar-refractivity contribution >= 4 is 62.3 Å². The van der Waals surface area contributed by atoms with E-state index >= 15 is 0 Å². The number of carbonyl (C=O) groups is 2. The van der Waals surface area contributed by atoms with Gasteiger partial charge in [0.1, 0.15) is 11.5 Å². The van der Waals surface area contributed by atoms with E-state index in [9.17, 15) is 9.59 Å². The number of anilines is 1. The van der Waals surface area contributed by atoms with E-state index in [1.54, 1.807) is 18.2 Å². The number of hydrogen-bond donors (Lipinski definition) is 2. The van der Waals surface area contributed by atoms with E-state index in [-0.39, 0.29) is 18.3 Å². The fourth-order valence-electron chi connectivity index (χ4n) is 3.64. The number of aryl methyl sites for hydroxylation is 1. The van der Waals surface area contributed by atoms with Crippen molar-refractivity contribution in [2.75, 3.05) is 11.9 Å². The SMILES string of the molecule is Cc1c(C(=O)Nc2ccccc2Br)oc2c1/C(=N/NC(=O)COc1ccc(Cl)cc1Cl)CCC2. The molecule has 0 bridgehead atoms. The van der Waals surface area contributed by atoms with Gasteiger partial charge in [0.15, 0.2) is 12.4 Å². The maximum absolute atomic E-state index is 12.9. The molecule has 1 heterocycles.